The van der Waals surface area contributed by atoms with Crippen LogP contribution in [-0.4, -0.2) is 49.3 Å². The maximum Gasteiger partial charge on any atom is 0.252 e. The lowest BCUT2D eigenvalue weighted by molar-refractivity contribution is 0.0384. The average molecular weight is 491 g/mol. The molecule has 1 aromatic carbocycles. The molecule has 0 spiro atoms. The first-order valence-electron chi connectivity index (χ1n) is 12.7. The fraction of sp³-hybridized carbons (Fsp3) is 0.481. The van der Waals surface area contributed by atoms with E-state index in [4.69, 9.17) is 9.15 Å². The van der Waals surface area contributed by atoms with Crippen LogP contribution >= 0.6 is 0 Å². The van der Waals surface area contributed by atoms with Crippen molar-refractivity contribution in [1.82, 2.24) is 30.1 Å². The standard InChI is InChI=1S/C27H34N6O3/c1-17(2)25(26-29-30-31-33(26)16-23-8-6-10-36-23)32(15-22-7-5-9-35-22)14-21-13-20-11-18(3)19(4)12-24(20)28-27(21)34/h6,8,10-13,17,22,25H,5,7,9,14-16H2,1-4H3,(H,28,34)/t22-,25+/m1/s1. The molecule has 1 N–H and O–H groups in total. The third kappa shape index (κ3) is 5.12. The van der Waals surface area contributed by atoms with Gasteiger partial charge in [0.05, 0.1) is 18.4 Å². The number of aryl methyl sites for hydroxylation is 2. The Balaban J connectivity index is 1.52. The van der Waals surface area contributed by atoms with E-state index in [9.17, 15) is 4.79 Å². The number of rotatable bonds is 9. The van der Waals surface area contributed by atoms with Crippen LogP contribution in [0.5, 0.6) is 0 Å². The van der Waals surface area contributed by atoms with E-state index in [1.807, 2.05) is 24.3 Å². The minimum atomic E-state index is -0.117. The molecule has 4 heterocycles. The van der Waals surface area contributed by atoms with Crippen molar-refractivity contribution in [3.8, 4) is 0 Å². The van der Waals surface area contributed by atoms with Crippen molar-refractivity contribution in [3.63, 3.8) is 0 Å². The third-order valence-electron chi connectivity index (χ3n) is 7.11. The number of hydrogen-bond donors (Lipinski definition) is 1. The number of H-pyrrole nitrogens is 1. The summed E-state index contributed by atoms with van der Waals surface area (Å²) in [7, 11) is 0. The van der Waals surface area contributed by atoms with Crippen molar-refractivity contribution < 1.29 is 9.15 Å². The second kappa shape index (κ2) is 10.4. The molecule has 36 heavy (non-hydrogen) atoms. The monoisotopic (exact) mass is 490 g/mol. The van der Waals surface area contributed by atoms with Gasteiger partial charge in [0, 0.05) is 30.8 Å². The zero-order valence-electron chi connectivity index (χ0n) is 21.4. The third-order valence-corrected chi connectivity index (χ3v) is 7.11. The van der Waals surface area contributed by atoms with Crippen molar-refractivity contribution in [2.24, 2.45) is 5.92 Å². The van der Waals surface area contributed by atoms with Crippen LogP contribution in [0.1, 0.15) is 61.0 Å². The highest BCUT2D eigenvalue weighted by molar-refractivity contribution is 5.80. The Hall–Kier alpha value is -3.30. The summed E-state index contributed by atoms with van der Waals surface area (Å²) < 4.78 is 13.4. The zero-order valence-corrected chi connectivity index (χ0v) is 21.4. The number of fused-ring (bicyclic) bond motifs is 1. The van der Waals surface area contributed by atoms with E-state index < -0.39 is 0 Å². The Morgan fingerprint density at radius 1 is 1.22 bits per heavy atom. The second-order valence-electron chi connectivity index (χ2n) is 10.2. The summed E-state index contributed by atoms with van der Waals surface area (Å²) in [5.74, 6) is 1.73. The Morgan fingerprint density at radius 2 is 2.06 bits per heavy atom. The summed E-state index contributed by atoms with van der Waals surface area (Å²) >= 11 is 0. The summed E-state index contributed by atoms with van der Waals surface area (Å²) in [5.41, 5.74) is 3.88. The number of tetrazole rings is 1. The van der Waals surface area contributed by atoms with Crippen molar-refractivity contribution in [1.29, 1.82) is 0 Å². The molecule has 9 nitrogen and oxygen atoms in total. The summed E-state index contributed by atoms with van der Waals surface area (Å²) in [5, 5.41) is 13.7. The van der Waals surface area contributed by atoms with Crippen LogP contribution in [0.3, 0.4) is 0 Å². The van der Waals surface area contributed by atoms with Crippen LogP contribution < -0.4 is 5.56 Å². The van der Waals surface area contributed by atoms with Crippen LogP contribution in [0, 0.1) is 19.8 Å². The fourth-order valence-electron chi connectivity index (χ4n) is 5.15. The maximum absolute atomic E-state index is 13.2. The topological polar surface area (TPSA) is 102 Å². The Morgan fingerprint density at radius 3 is 2.78 bits per heavy atom. The normalized spacial score (nSPS) is 17.0. The van der Waals surface area contributed by atoms with Gasteiger partial charge in [0.25, 0.3) is 5.56 Å². The fourth-order valence-corrected chi connectivity index (χ4v) is 5.15. The molecular weight excluding hydrogens is 456 g/mol. The summed E-state index contributed by atoms with van der Waals surface area (Å²) in [6.07, 6.45) is 3.82. The predicted molar refractivity (Wildman–Crippen MR) is 137 cm³/mol. The molecule has 1 fully saturated rings. The van der Waals surface area contributed by atoms with Crippen molar-refractivity contribution in [3.05, 3.63) is 75.2 Å². The molecule has 190 valence electrons. The number of benzene rings is 1. The number of pyridine rings is 1. The lowest BCUT2D eigenvalue weighted by Crippen LogP contribution is -2.40. The Bertz CT molecular complexity index is 1370. The van der Waals surface area contributed by atoms with Gasteiger partial charge < -0.3 is 14.1 Å². The van der Waals surface area contributed by atoms with Crippen LogP contribution in [0.2, 0.25) is 0 Å². The molecule has 0 saturated carbocycles. The van der Waals surface area contributed by atoms with Crippen LogP contribution in [0.15, 0.2) is 45.8 Å². The SMILES string of the molecule is Cc1cc2cc(CN(C[C@H]3CCCO3)[C@H](c3nnnn3Cc3ccco3)C(C)C)c(=O)[nH]c2cc1C. The average Bonchev–Trinajstić information content (AvgIpc) is 3.61. The molecule has 0 bridgehead atoms. The van der Waals surface area contributed by atoms with Crippen LogP contribution in [-0.2, 0) is 17.8 Å². The molecule has 1 aliphatic heterocycles. The molecule has 5 rings (SSSR count). The largest absolute Gasteiger partial charge is 0.467 e. The van der Waals surface area contributed by atoms with Gasteiger partial charge in [-0.05, 0) is 89.9 Å². The highest BCUT2D eigenvalue weighted by atomic mass is 16.5. The van der Waals surface area contributed by atoms with Gasteiger partial charge >= 0.3 is 0 Å². The van der Waals surface area contributed by atoms with Crippen molar-refractivity contribution in [2.45, 2.75) is 65.8 Å². The van der Waals surface area contributed by atoms with E-state index in [1.54, 1.807) is 10.9 Å². The first kappa shape index (κ1) is 24.4. The Labute approximate surface area is 210 Å². The molecule has 1 saturated heterocycles. The number of ether oxygens (including phenoxy) is 1. The second-order valence-corrected chi connectivity index (χ2v) is 10.2. The number of nitrogens with zero attached hydrogens (tertiary/aromatic N) is 5. The number of nitrogens with one attached hydrogen (secondary N) is 1. The number of hydrogen-bond acceptors (Lipinski definition) is 7. The molecule has 0 unspecified atom stereocenters. The predicted octanol–water partition coefficient (Wildman–Crippen LogP) is 4.15. The molecule has 2 atom stereocenters. The molecule has 0 amide bonds. The molecule has 4 aromatic rings. The van der Waals surface area contributed by atoms with Gasteiger partial charge in [-0.3, -0.25) is 9.69 Å². The van der Waals surface area contributed by atoms with Crippen molar-refractivity contribution >= 4 is 10.9 Å². The summed E-state index contributed by atoms with van der Waals surface area (Å²) in [6, 6.07) is 9.86. The first-order valence-corrected chi connectivity index (χ1v) is 12.7. The van der Waals surface area contributed by atoms with E-state index in [0.717, 1.165) is 53.1 Å². The van der Waals surface area contributed by atoms with Gasteiger partial charge in [-0.2, -0.15) is 0 Å². The van der Waals surface area contributed by atoms with Gasteiger partial charge in [-0.15, -0.1) is 5.10 Å². The lowest BCUT2D eigenvalue weighted by atomic mass is 9.99. The number of aromatic nitrogens is 5. The zero-order chi connectivity index (χ0) is 25.2. The van der Waals surface area contributed by atoms with E-state index in [0.29, 0.717) is 19.6 Å². The van der Waals surface area contributed by atoms with Gasteiger partial charge in [0.1, 0.15) is 12.3 Å². The van der Waals surface area contributed by atoms with Crippen molar-refractivity contribution in [2.75, 3.05) is 13.2 Å². The van der Waals surface area contributed by atoms with Crippen LogP contribution in [0.25, 0.3) is 10.9 Å². The molecule has 1 aliphatic rings. The number of furan rings is 1. The minimum absolute atomic E-state index is 0.0687. The summed E-state index contributed by atoms with van der Waals surface area (Å²) in [4.78, 5) is 18.6. The van der Waals surface area contributed by atoms with E-state index >= 15 is 0 Å². The molecule has 3 aromatic heterocycles. The van der Waals surface area contributed by atoms with E-state index in [2.05, 4.69) is 59.2 Å². The van der Waals surface area contributed by atoms with Gasteiger partial charge in [0.2, 0.25) is 0 Å². The minimum Gasteiger partial charge on any atom is -0.467 e. The van der Waals surface area contributed by atoms with Crippen LogP contribution in [0.4, 0.5) is 0 Å². The highest BCUT2D eigenvalue weighted by Crippen LogP contribution is 2.30. The van der Waals surface area contributed by atoms with E-state index in [-0.39, 0.29) is 23.6 Å². The van der Waals surface area contributed by atoms with Gasteiger partial charge in [0.15, 0.2) is 5.82 Å². The molecule has 0 aliphatic carbocycles. The van der Waals surface area contributed by atoms with Gasteiger partial charge in [-0.1, -0.05) is 13.8 Å². The number of aromatic amines is 1. The smallest absolute Gasteiger partial charge is 0.252 e. The quantitative estimate of drug-likeness (QED) is 0.376. The summed E-state index contributed by atoms with van der Waals surface area (Å²) in [6.45, 7) is 10.9. The highest BCUT2D eigenvalue weighted by Gasteiger charge is 2.32. The maximum atomic E-state index is 13.2. The first-order chi connectivity index (χ1) is 17.4. The van der Waals surface area contributed by atoms with E-state index in [1.165, 1.54) is 5.56 Å². The lowest BCUT2D eigenvalue weighted by Gasteiger charge is -2.35. The van der Waals surface area contributed by atoms with Gasteiger partial charge in [-0.25, -0.2) is 4.68 Å². The molecular formula is C27H34N6O3. The molecule has 9 heteroatoms. The Kier molecular flexibility index (Phi) is 7.02. The molecule has 0 radical (unpaired) electrons.